The van der Waals surface area contributed by atoms with Crippen LogP contribution >= 0.6 is 11.5 Å². The average molecular weight is 238 g/mol. The summed E-state index contributed by atoms with van der Waals surface area (Å²) in [5.74, 6) is 0.292. The third-order valence-electron chi connectivity index (χ3n) is 2.55. The van der Waals surface area contributed by atoms with Crippen molar-refractivity contribution >= 4 is 43.5 Å². The van der Waals surface area contributed by atoms with Gasteiger partial charge in [-0.2, -0.15) is 0 Å². The van der Waals surface area contributed by atoms with Gasteiger partial charge in [0.1, 0.15) is 0 Å². The molecule has 15 heavy (non-hydrogen) atoms. The molecule has 0 atom stereocenters. The molecule has 0 aromatic carbocycles. The Bertz CT molecular complexity index is 518. The number of hydrogen-bond donors (Lipinski definition) is 0. The quantitative estimate of drug-likeness (QED) is 0.686. The standard InChI is InChI=1S/C7H7N2O3S2.Li/c1-14(11,12)7(2-3-7)6-8-5(4-10)13-9-6;/h2-3H2,1H3;. The third kappa shape index (κ3) is 1.78. The van der Waals surface area contributed by atoms with Crippen molar-refractivity contribution in [1.29, 1.82) is 0 Å². The average Bonchev–Trinajstić information content (AvgIpc) is 2.77. The van der Waals surface area contributed by atoms with Crippen molar-refractivity contribution < 1.29 is 13.2 Å². The summed E-state index contributed by atoms with van der Waals surface area (Å²) in [4.78, 5) is 15.0. The molecule has 5 nitrogen and oxygen atoms in total. The maximum atomic E-state index is 11.5. The van der Waals surface area contributed by atoms with E-state index in [0.717, 1.165) is 11.5 Å². The van der Waals surface area contributed by atoms with E-state index in [2.05, 4.69) is 9.36 Å². The first kappa shape index (κ1) is 11.3. The molecular formula is C7H7LiN2O3S2. The van der Waals surface area contributed by atoms with Crippen LogP contribution in [-0.2, 0) is 14.6 Å². The number of hydrogen-bond acceptors (Lipinski definition) is 6. The second-order valence-electron chi connectivity index (χ2n) is 3.75. The molecular weight excluding hydrogens is 231 g/mol. The fraction of sp³-hybridized carbons (Fsp3) is 0.571. The first-order valence-electron chi connectivity index (χ1n) is 4.41. The fourth-order valence-electron chi connectivity index (χ4n) is 1.43. The molecule has 2 rings (SSSR count). The van der Waals surface area contributed by atoms with Crippen LogP contribution < -0.4 is 0 Å². The molecule has 0 unspecified atom stereocenters. The molecule has 76 valence electrons. The van der Waals surface area contributed by atoms with Crippen molar-refractivity contribution in [3.05, 3.63) is 10.8 Å². The van der Waals surface area contributed by atoms with Crippen LogP contribution in [0, 0.1) is 0 Å². The van der Waals surface area contributed by atoms with Gasteiger partial charge in [-0.15, -0.1) is 0 Å². The Morgan fingerprint density at radius 1 is 1.53 bits per heavy atom. The van der Waals surface area contributed by atoms with Gasteiger partial charge in [0.2, 0.25) is 0 Å². The first-order valence-corrected chi connectivity index (χ1v) is 7.08. The molecule has 1 aliphatic rings. The molecule has 0 saturated heterocycles. The zero-order valence-corrected chi connectivity index (χ0v) is 9.98. The summed E-state index contributed by atoms with van der Waals surface area (Å²) in [5.41, 5.74) is 0. The van der Waals surface area contributed by atoms with Gasteiger partial charge < -0.3 is 0 Å². The summed E-state index contributed by atoms with van der Waals surface area (Å²) in [6, 6.07) is 0. The molecule has 1 aliphatic carbocycles. The molecule has 1 aromatic heterocycles. The first-order chi connectivity index (χ1) is 6.87. The summed E-state index contributed by atoms with van der Waals surface area (Å²) in [6.45, 7) is 0. The van der Waals surface area contributed by atoms with Crippen LogP contribution in [0.2, 0.25) is 0 Å². The molecule has 0 bridgehead atoms. The van der Waals surface area contributed by atoms with E-state index in [1.54, 1.807) is 0 Å². The van der Waals surface area contributed by atoms with Crippen molar-refractivity contribution in [3.8, 4) is 0 Å². The van der Waals surface area contributed by atoms with Crippen LogP contribution in [0.5, 0.6) is 0 Å². The monoisotopic (exact) mass is 238 g/mol. The van der Waals surface area contributed by atoms with E-state index in [4.69, 9.17) is 0 Å². The number of sulfone groups is 1. The molecule has 0 spiro atoms. The number of nitrogens with zero attached hydrogens (tertiary/aromatic N) is 2. The Kier molecular flexibility index (Phi) is 2.54. The third-order valence-corrected chi connectivity index (χ3v) is 5.37. The van der Waals surface area contributed by atoms with Crippen LogP contribution in [0.1, 0.15) is 28.5 Å². The van der Waals surface area contributed by atoms with Crippen molar-refractivity contribution in [1.82, 2.24) is 9.36 Å². The van der Waals surface area contributed by atoms with Gasteiger partial charge in [0.25, 0.3) is 0 Å². The van der Waals surface area contributed by atoms with Crippen LogP contribution in [-0.4, -0.2) is 46.2 Å². The SMILES string of the molecule is [Li][C](=O)c1nc(C2(S(C)(=O)=O)CC2)ns1. The van der Waals surface area contributed by atoms with E-state index in [9.17, 15) is 13.2 Å². The van der Waals surface area contributed by atoms with Crippen molar-refractivity contribution in [2.75, 3.05) is 6.26 Å². The maximum absolute atomic E-state index is 11.5. The van der Waals surface area contributed by atoms with Crippen molar-refractivity contribution in [2.45, 2.75) is 17.6 Å². The van der Waals surface area contributed by atoms with E-state index in [-0.39, 0.29) is 9.46 Å². The second-order valence-corrected chi connectivity index (χ2v) is 6.82. The van der Waals surface area contributed by atoms with E-state index in [1.807, 2.05) is 0 Å². The fourth-order valence-corrected chi connectivity index (χ4v) is 3.39. The van der Waals surface area contributed by atoms with Crippen molar-refractivity contribution in [2.24, 2.45) is 0 Å². The number of carbonyl (C=O) groups is 1. The Labute approximate surface area is 101 Å². The Morgan fingerprint density at radius 3 is 2.47 bits per heavy atom. The Morgan fingerprint density at radius 2 is 2.13 bits per heavy atom. The van der Waals surface area contributed by atoms with Crippen LogP contribution in [0.4, 0.5) is 0 Å². The molecule has 1 fully saturated rings. The molecule has 0 aliphatic heterocycles. The molecule has 1 saturated carbocycles. The molecule has 0 N–H and O–H groups in total. The predicted octanol–water partition coefficient (Wildman–Crippen LogP) is -0.120. The van der Waals surface area contributed by atoms with E-state index in [1.165, 1.54) is 24.0 Å². The summed E-state index contributed by atoms with van der Waals surface area (Å²) in [6.07, 6.45) is 2.30. The van der Waals surface area contributed by atoms with Gasteiger partial charge in [-0.3, -0.25) is 0 Å². The van der Waals surface area contributed by atoms with Crippen molar-refractivity contribution in [3.63, 3.8) is 0 Å². The van der Waals surface area contributed by atoms with Gasteiger partial charge in [0.05, 0.1) is 0 Å². The number of carbonyl (C=O) groups excluding carboxylic acids is 1. The van der Waals surface area contributed by atoms with E-state index < -0.39 is 14.6 Å². The summed E-state index contributed by atoms with van der Waals surface area (Å²) >= 11 is 2.36. The van der Waals surface area contributed by atoms with Gasteiger partial charge in [-0.25, -0.2) is 0 Å². The minimum atomic E-state index is -3.19. The number of rotatable bonds is 3. The van der Waals surface area contributed by atoms with Gasteiger partial charge >= 0.3 is 101 Å². The van der Waals surface area contributed by atoms with E-state index in [0.29, 0.717) is 18.7 Å². The molecule has 8 heteroatoms. The predicted molar refractivity (Wildman–Crippen MR) is 55.7 cm³/mol. The summed E-state index contributed by atoms with van der Waals surface area (Å²) in [5, 5.41) is 0.278. The molecule has 1 aromatic rings. The van der Waals surface area contributed by atoms with Crippen LogP contribution in [0.25, 0.3) is 0 Å². The van der Waals surface area contributed by atoms with E-state index >= 15 is 0 Å². The normalized spacial score (nSPS) is 18.9. The van der Waals surface area contributed by atoms with Gasteiger partial charge in [-0.05, 0) is 0 Å². The Balaban J connectivity index is 2.43. The summed E-state index contributed by atoms with van der Waals surface area (Å²) in [7, 11) is -3.19. The molecule has 0 radical (unpaired) electrons. The van der Waals surface area contributed by atoms with Gasteiger partial charge in [0.15, 0.2) is 0 Å². The van der Waals surface area contributed by atoms with Crippen LogP contribution in [0.15, 0.2) is 0 Å². The van der Waals surface area contributed by atoms with Gasteiger partial charge in [-0.1, -0.05) is 0 Å². The second kappa shape index (κ2) is 3.39. The molecule has 1 heterocycles. The Hall–Kier alpha value is -0.223. The minimum absolute atomic E-state index is 0.178. The van der Waals surface area contributed by atoms with Crippen LogP contribution in [0.3, 0.4) is 0 Å². The zero-order chi connectivity index (χ0) is 11.3. The zero-order valence-electron chi connectivity index (χ0n) is 8.35. The topological polar surface area (TPSA) is 77.0 Å². The van der Waals surface area contributed by atoms with Gasteiger partial charge in [0, 0.05) is 0 Å². The summed E-state index contributed by atoms with van der Waals surface area (Å²) < 4.78 is 26.0. The molecule has 0 amide bonds. The number of aromatic nitrogens is 2.